The largest absolute Gasteiger partial charge is 0.486 e. The maximum Gasteiger partial charge on any atom is 0.145 e. The standard InChI is InChI=1S/C11H12N4O/c12-9-6-13-2-1-10(9)16-8-5-11-14-3-4-15(11)7-8/h1-4,6,8H,5,7,12H2/t8-/m1/s1. The number of rotatable bonds is 2. The van der Waals surface area contributed by atoms with Gasteiger partial charge >= 0.3 is 0 Å². The van der Waals surface area contributed by atoms with E-state index in [0.717, 1.165) is 18.8 Å². The van der Waals surface area contributed by atoms with Gasteiger partial charge in [0.1, 0.15) is 17.7 Å². The molecule has 5 heteroatoms. The van der Waals surface area contributed by atoms with Gasteiger partial charge in [0.05, 0.1) is 18.4 Å². The Morgan fingerprint density at radius 3 is 3.19 bits per heavy atom. The van der Waals surface area contributed by atoms with Crippen LogP contribution in [0.5, 0.6) is 5.75 Å². The molecular weight excluding hydrogens is 204 g/mol. The van der Waals surface area contributed by atoms with Gasteiger partial charge in [-0.05, 0) is 0 Å². The predicted octanol–water partition coefficient (Wildman–Crippen LogP) is 0.864. The van der Waals surface area contributed by atoms with E-state index in [-0.39, 0.29) is 6.10 Å². The zero-order valence-electron chi connectivity index (χ0n) is 8.71. The van der Waals surface area contributed by atoms with E-state index in [0.29, 0.717) is 11.4 Å². The summed E-state index contributed by atoms with van der Waals surface area (Å²) in [6, 6.07) is 1.79. The number of hydrogen-bond donors (Lipinski definition) is 1. The summed E-state index contributed by atoms with van der Waals surface area (Å²) >= 11 is 0. The van der Waals surface area contributed by atoms with Crippen molar-refractivity contribution in [1.82, 2.24) is 14.5 Å². The van der Waals surface area contributed by atoms with Crippen molar-refractivity contribution in [2.24, 2.45) is 0 Å². The van der Waals surface area contributed by atoms with Crippen LogP contribution >= 0.6 is 0 Å². The van der Waals surface area contributed by atoms with Crippen LogP contribution in [0.3, 0.4) is 0 Å². The average Bonchev–Trinajstić information content (AvgIpc) is 2.81. The van der Waals surface area contributed by atoms with Crippen LogP contribution in [0.25, 0.3) is 0 Å². The lowest BCUT2D eigenvalue weighted by atomic mass is 10.3. The topological polar surface area (TPSA) is 66.0 Å². The van der Waals surface area contributed by atoms with Gasteiger partial charge in [0.2, 0.25) is 0 Å². The molecule has 3 heterocycles. The van der Waals surface area contributed by atoms with Gasteiger partial charge in [0, 0.05) is 31.1 Å². The van der Waals surface area contributed by atoms with Gasteiger partial charge in [-0.25, -0.2) is 4.98 Å². The van der Waals surface area contributed by atoms with Crippen molar-refractivity contribution in [1.29, 1.82) is 0 Å². The van der Waals surface area contributed by atoms with Crippen LogP contribution in [0.2, 0.25) is 0 Å². The van der Waals surface area contributed by atoms with Crippen LogP contribution in [-0.4, -0.2) is 20.6 Å². The average molecular weight is 216 g/mol. The molecule has 1 aliphatic rings. The first kappa shape index (κ1) is 9.21. The van der Waals surface area contributed by atoms with Crippen LogP contribution in [0.15, 0.2) is 30.9 Å². The number of nitrogens with zero attached hydrogens (tertiary/aromatic N) is 3. The van der Waals surface area contributed by atoms with E-state index in [1.807, 2.05) is 12.4 Å². The van der Waals surface area contributed by atoms with Gasteiger partial charge < -0.3 is 15.0 Å². The number of hydrogen-bond acceptors (Lipinski definition) is 4. The highest BCUT2D eigenvalue weighted by Crippen LogP contribution is 2.23. The van der Waals surface area contributed by atoms with Crippen molar-refractivity contribution in [3.63, 3.8) is 0 Å². The molecule has 0 spiro atoms. The number of nitrogen functional groups attached to an aromatic ring is 1. The molecular formula is C11H12N4O. The molecule has 1 aliphatic heterocycles. The van der Waals surface area contributed by atoms with Gasteiger partial charge in [-0.2, -0.15) is 0 Å². The zero-order valence-corrected chi connectivity index (χ0v) is 8.71. The van der Waals surface area contributed by atoms with Crippen molar-refractivity contribution in [2.45, 2.75) is 19.1 Å². The van der Waals surface area contributed by atoms with E-state index in [1.54, 1.807) is 18.5 Å². The Kier molecular flexibility index (Phi) is 2.02. The van der Waals surface area contributed by atoms with Gasteiger partial charge in [0.15, 0.2) is 0 Å². The number of pyridine rings is 1. The fourth-order valence-corrected chi connectivity index (χ4v) is 1.94. The highest BCUT2D eigenvalue weighted by atomic mass is 16.5. The number of fused-ring (bicyclic) bond motifs is 1. The lowest BCUT2D eigenvalue weighted by Gasteiger charge is -2.13. The summed E-state index contributed by atoms with van der Waals surface area (Å²) in [5.41, 5.74) is 6.35. The second kappa shape index (κ2) is 3.52. The molecule has 16 heavy (non-hydrogen) atoms. The number of nitrogens with two attached hydrogens (primary N) is 1. The molecule has 0 aromatic carbocycles. The molecule has 1 atom stereocenters. The Labute approximate surface area is 92.9 Å². The SMILES string of the molecule is Nc1cnccc1O[C@@H]1Cc2nccn2C1. The first-order chi connectivity index (χ1) is 7.83. The lowest BCUT2D eigenvalue weighted by Crippen LogP contribution is -2.18. The van der Waals surface area contributed by atoms with E-state index in [4.69, 9.17) is 10.5 Å². The molecule has 3 rings (SSSR count). The van der Waals surface area contributed by atoms with Gasteiger partial charge in [0.25, 0.3) is 0 Å². The Hall–Kier alpha value is -2.04. The third-order valence-corrected chi connectivity index (χ3v) is 2.72. The monoisotopic (exact) mass is 216 g/mol. The summed E-state index contributed by atoms with van der Waals surface area (Å²) in [5, 5.41) is 0. The lowest BCUT2D eigenvalue weighted by molar-refractivity contribution is 0.203. The summed E-state index contributed by atoms with van der Waals surface area (Å²) in [7, 11) is 0. The van der Waals surface area contributed by atoms with Crippen LogP contribution in [0.4, 0.5) is 5.69 Å². The molecule has 0 saturated heterocycles. The van der Waals surface area contributed by atoms with Gasteiger partial charge in [-0.1, -0.05) is 0 Å². The van der Waals surface area contributed by atoms with E-state index in [2.05, 4.69) is 14.5 Å². The van der Waals surface area contributed by atoms with Crippen molar-refractivity contribution in [3.05, 3.63) is 36.7 Å². The Bertz CT molecular complexity index is 488. The number of aromatic nitrogens is 3. The van der Waals surface area contributed by atoms with E-state index < -0.39 is 0 Å². The highest BCUT2D eigenvalue weighted by Gasteiger charge is 2.23. The van der Waals surface area contributed by atoms with Crippen LogP contribution in [0, 0.1) is 0 Å². The second-order valence-electron chi connectivity index (χ2n) is 3.85. The van der Waals surface area contributed by atoms with Crippen molar-refractivity contribution in [2.75, 3.05) is 5.73 Å². The Morgan fingerprint density at radius 1 is 1.44 bits per heavy atom. The molecule has 82 valence electrons. The Balaban J connectivity index is 1.74. The first-order valence-corrected chi connectivity index (χ1v) is 5.19. The predicted molar refractivity (Wildman–Crippen MR) is 59.0 cm³/mol. The summed E-state index contributed by atoms with van der Waals surface area (Å²) < 4.78 is 7.92. The molecule has 0 amide bonds. The maximum absolute atomic E-state index is 5.82. The van der Waals surface area contributed by atoms with E-state index in [9.17, 15) is 0 Å². The molecule has 0 bridgehead atoms. The quantitative estimate of drug-likeness (QED) is 0.808. The molecule has 2 N–H and O–H groups in total. The summed E-state index contributed by atoms with van der Waals surface area (Å²) in [6.45, 7) is 0.830. The van der Waals surface area contributed by atoms with Crippen LogP contribution in [-0.2, 0) is 13.0 Å². The molecule has 0 saturated carbocycles. The molecule has 0 fully saturated rings. The third-order valence-electron chi connectivity index (χ3n) is 2.72. The fraction of sp³-hybridized carbons (Fsp3) is 0.273. The highest BCUT2D eigenvalue weighted by molar-refractivity contribution is 5.49. The molecule has 2 aromatic heterocycles. The van der Waals surface area contributed by atoms with Crippen LogP contribution < -0.4 is 10.5 Å². The summed E-state index contributed by atoms with van der Waals surface area (Å²) in [4.78, 5) is 8.18. The molecule has 0 radical (unpaired) electrons. The number of anilines is 1. The minimum Gasteiger partial charge on any atom is -0.486 e. The van der Waals surface area contributed by atoms with Crippen LogP contribution in [0.1, 0.15) is 5.82 Å². The molecule has 0 unspecified atom stereocenters. The molecule has 0 aliphatic carbocycles. The third kappa shape index (κ3) is 1.50. The first-order valence-electron chi connectivity index (χ1n) is 5.19. The van der Waals surface area contributed by atoms with Gasteiger partial charge in [-0.3, -0.25) is 4.98 Å². The number of imidazole rings is 1. The maximum atomic E-state index is 5.82. The van der Waals surface area contributed by atoms with Crippen molar-refractivity contribution >= 4 is 5.69 Å². The minimum absolute atomic E-state index is 0.119. The smallest absolute Gasteiger partial charge is 0.145 e. The molecule has 5 nitrogen and oxygen atoms in total. The van der Waals surface area contributed by atoms with Crippen molar-refractivity contribution in [3.8, 4) is 5.75 Å². The number of ether oxygens (including phenoxy) is 1. The fourth-order valence-electron chi connectivity index (χ4n) is 1.94. The van der Waals surface area contributed by atoms with E-state index >= 15 is 0 Å². The summed E-state index contributed by atoms with van der Waals surface area (Å²) in [6.07, 6.45) is 8.01. The van der Waals surface area contributed by atoms with E-state index in [1.165, 1.54) is 0 Å². The second-order valence-corrected chi connectivity index (χ2v) is 3.85. The van der Waals surface area contributed by atoms with Crippen molar-refractivity contribution < 1.29 is 4.74 Å². The Morgan fingerprint density at radius 2 is 2.38 bits per heavy atom. The normalized spacial score (nSPS) is 18.4. The molecule has 2 aromatic rings. The summed E-state index contributed by atoms with van der Waals surface area (Å²) in [5.74, 6) is 1.77. The van der Waals surface area contributed by atoms with Gasteiger partial charge in [-0.15, -0.1) is 0 Å². The zero-order chi connectivity index (χ0) is 11.0. The minimum atomic E-state index is 0.119.